The van der Waals surface area contributed by atoms with E-state index in [0.717, 1.165) is 14.2 Å². The lowest BCUT2D eigenvalue weighted by Gasteiger charge is -2.34. The summed E-state index contributed by atoms with van der Waals surface area (Å²) in [5.41, 5.74) is 5.93. The fraction of sp³-hybridized carbons (Fsp3) is 0.667. The molecule has 2 rings (SSSR count). The van der Waals surface area contributed by atoms with Crippen LogP contribution in [0.5, 0.6) is 0 Å². The molecular formula is C12H18Br2N2S. The van der Waals surface area contributed by atoms with E-state index in [1.54, 1.807) is 11.3 Å². The maximum Gasteiger partial charge on any atom is 0.0843 e. The lowest BCUT2D eigenvalue weighted by Crippen LogP contribution is -2.35. The number of nitrogens with two attached hydrogens (primary N) is 1. The van der Waals surface area contributed by atoms with E-state index in [9.17, 15) is 0 Å². The van der Waals surface area contributed by atoms with E-state index in [1.165, 1.54) is 30.7 Å². The molecule has 0 bridgehead atoms. The van der Waals surface area contributed by atoms with Crippen molar-refractivity contribution in [3.8, 4) is 0 Å². The zero-order chi connectivity index (χ0) is 12.4. The predicted molar refractivity (Wildman–Crippen MR) is 81.5 cm³/mol. The minimum Gasteiger partial charge on any atom is -0.329 e. The van der Waals surface area contributed by atoms with Gasteiger partial charge in [0.05, 0.1) is 9.83 Å². The summed E-state index contributed by atoms with van der Waals surface area (Å²) in [5, 5.41) is 0. The van der Waals surface area contributed by atoms with Gasteiger partial charge in [0.25, 0.3) is 0 Å². The summed E-state index contributed by atoms with van der Waals surface area (Å²) < 4.78 is 2.29. The third-order valence-corrected chi connectivity index (χ3v) is 6.88. The summed E-state index contributed by atoms with van der Waals surface area (Å²) >= 11 is 8.87. The van der Waals surface area contributed by atoms with Crippen LogP contribution in [0, 0.1) is 5.92 Å². The summed E-state index contributed by atoms with van der Waals surface area (Å²) in [6.07, 6.45) is 4.18. The maximum atomic E-state index is 5.93. The normalized spacial score (nSPS) is 18.4. The fourth-order valence-electron chi connectivity index (χ4n) is 2.25. The van der Waals surface area contributed by atoms with Gasteiger partial charge in [-0.05, 0) is 63.7 Å². The second kappa shape index (κ2) is 6.15. The van der Waals surface area contributed by atoms with Crippen LogP contribution in [0.15, 0.2) is 14.3 Å². The van der Waals surface area contributed by atoms with Crippen molar-refractivity contribution < 1.29 is 0 Å². The highest BCUT2D eigenvalue weighted by atomic mass is 79.9. The molecule has 1 aliphatic rings. The summed E-state index contributed by atoms with van der Waals surface area (Å²) in [5.74, 6) is 0.890. The molecule has 1 aromatic rings. The Morgan fingerprint density at radius 3 is 2.65 bits per heavy atom. The average molecular weight is 382 g/mol. The summed E-state index contributed by atoms with van der Waals surface area (Å²) in [4.78, 5) is 3.75. The molecule has 96 valence electrons. The first-order chi connectivity index (χ1) is 8.11. The van der Waals surface area contributed by atoms with Gasteiger partial charge in [-0.2, -0.15) is 0 Å². The number of hydrogen-bond donors (Lipinski definition) is 1. The fourth-order valence-corrected chi connectivity index (χ4v) is 4.52. The van der Waals surface area contributed by atoms with Crippen molar-refractivity contribution in [1.82, 2.24) is 4.90 Å². The minimum atomic E-state index is 0.350. The van der Waals surface area contributed by atoms with Gasteiger partial charge in [0.2, 0.25) is 0 Å². The van der Waals surface area contributed by atoms with Crippen LogP contribution in [0.2, 0.25) is 0 Å². The number of thiophene rings is 1. The molecule has 0 aromatic carbocycles. The Labute approximate surface area is 124 Å². The van der Waals surface area contributed by atoms with Crippen LogP contribution in [-0.2, 0) is 0 Å². The highest BCUT2D eigenvalue weighted by molar-refractivity contribution is 9.13. The van der Waals surface area contributed by atoms with Crippen molar-refractivity contribution >= 4 is 43.2 Å². The molecule has 5 heteroatoms. The van der Waals surface area contributed by atoms with Gasteiger partial charge in [0.15, 0.2) is 0 Å². The molecule has 17 heavy (non-hydrogen) atoms. The Morgan fingerprint density at radius 2 is 2.24 bits per heavy atom. The van der Waals surface area contributed by atoms with Gasteiger partial charge >= 0.3 is 0 Å². The van der Waals surface area contributed by atoms with Gasteiger partial charge in [-0.15, -0.1) is 11.3 Å². The van der Waals surface area contributed by atoms with E-state index in [1.807, 2.05) is 0 Å². The average Bonchev–Trinajstić information content (AvgIpc) is 2.54. The van der Waals surface area contributed by atoms with Crippen molar-refractivity contribution in [1.29, 1.82) is 0 Å². The molecule has 1 aromatic heterocycles. The number of halogens is 2. The standard InChI is InChI=1S/C12H18Br2N2S/c1-16(7-8-3-2-4-8)10(6-15)11-5-9(13)12(14)17-11/h5,8,10H,2-4,6-7,15H2,1H3. The maximum absolute atomic E-state index is 5.93. The Bertz CT molecular complexity index is 357. The number of rotatable bonds is 5. The van der Waals surface area contributed by atoms with E-state index >= 15 is 0 Å². The first-order valence-corrected chi connectivity index (χ1v) is 8.37. The monoisotopic (exact) mass is 380 g/mol. The molecule has 0 amide bonds. The first kappa shape index (κ1) is 14.0. The molecule has 2 N–H and O–H groups in total. The molecule has 1 saturated carbocycles. The van der Waals surface area contributed by atoms with Crippen LogP contribution in [0.4, 0.5) is 0 Å². The van der Waals surface area contributed by atoms with Gasteiger partial charge in [0, 0.05) is 22.4 Å². The molecule has 1 atom stereocenters. The predicted octanol–water partition coefficient (Wildman–Crippen LogP) is 4.00. The van der Waals surface area contributed by atoms with Crippen molar-refractivity contribution in [3.63, 3.8) is 0 Å². The molecule has 0 saturated heterocycles. The zero-order valence-electron chi connectivity index (χ0n) is 9.96. The van der Waals surface area contributed by atoms with Gasteiger partial charge in [-0.25, -0.2) is 0 Å². The molecule has 1 fully saturated rings. The zero-order valence-corrected chi connectivity index (χ0v) is 13.9. The molecule has 0 aliphatic heterocycles. The molecule has 2 nitrogen and oxygen atoms in total. The van der Waals surface area contributed by atoms with Crippen molar-refractivity contribution in [2.45, 2.75) is 25.3 Å². The third kappa shape index (κ3) is 3.32. The van der Waals surface area contributed by atoms with E-state index < -0.39 is 0 Å². The summed E-state index contributed by atoms with van der Waals surface area (Å²) in [6.45, 7) is 1.86. The van der Waals surface area contributed by atoms with E-state index in [2.05, 4.69) is 49.9 Å². The summed E-state index contributed by atoms with van der Waals surface area (Å²) in [6, 6.07) is 2.53. The van der Waals surface area contributed by atoms with E-state index in [-0.39, 0.29) is 0 Å². The summed E-state index contributed by atoms with van der Waals surface area (Å²) in [7, 11) is 2.19. The van der Waals surface area contributed by atoms with Crippen LogP contribution >= 0.6 is 43.2 Å². The highest BCUT2D eigenvalue weighted by Crippen LogP contribution is 2.37. The van der Waals surface area contributed by atoms with E-state index in [4.69, 9.17) is 5.73 Å². The lowest BCUT2D eigenvalue weighted by molar-refractivity contribution is 0.166. The van der Waals surface area contributed by atoms with Crippen molar-refractivity contribution in [2.75, 3.05) is 20.1 Å². The topological polar surface area (TPSA) is 29.3 Å². The van der Waals surface area contributed by atoms with Gasteiger partial charge in [-0.1, -0.05) is 6.42 Å². The molecule has 0 radical (unpaired) electrons. The molecule has 1 unspecified atom stereocenters. The second-order valence-electron chi connectivity index (χ2n) is 4.76. The van der Waals surface area contributed by atoms with Crippen molar-refractivity contribution in [3.05, 3.63) is 19.2 Å². The third-order valence-electron chi connectivity index (χ3n) is 3.52. The molecule has 0 spiro atoms. The first-order valence-electron chi connectivity index (χ1n) is 5.97. The van der Waals surface area contributed by atoms with Crippen LogP contribution in [-0.4, -0.2) is 25.0 Å². The Hall–Kier alpha value is 0.580. The van der Waals surface area contributed by atoms with Gasteiger partial charge in [-0.3, -0.25) is 4.90 Å². The molecular weight excluding hydrogens is 364 g/mol. The number of likely N-dealkylation sites (N-methyl/N-ethyl adjacent to an activating group) is 1. The number of nitrogens with zero attached hydrogens (tertiary/aromatic N) is 1. The van der Waals surface area contributed by atoms with Gasteiger partial charge in [0.1, 0.15) is 0 Å². The Balaban J connectivity index is 2.03. The van der Waals surface area contributed by atoms with Crippen LogP contribution in [0.25, 0.3) is 0 Å². The van der Waals surface area contributed by atoms with Crippen LogP contribution < -0.4 is 5.73 Å². The SMILES string of the molecule is CN(CC1CCC1)C(CN)c1cc(Br)c(Br)s1. The van der Waals surface area contributed by atoms with E-state index in [0.29, 0.717) is 12.6 Å². The Kier molecular flexibility index (Phi) is 5.06. The Morgan fingerprint density at radius 1 is 1.53 bits per heavy atom. The largest absolute Gasteiger partial charge is 0.329 e. The molecule has 1 aliphatic carbocycles. The number of hydrogen-bond acceptors (Lipinski definition) is 3. The highest BCUT2D eigenvalue weighted by Gasteiger charge is 2.24. The second-order valence-corrected chi connectivity index (χ2v) is 8.01. The van der Waals surface area contributed by atoms with Gasteiger partial charge < -0.3 is 5.73 Å². The molecule has 1 heterocycles. The lowest BCUT2D eigenvalue weighted by atomic mass is 9.85. The van der Waals surface area contributed by atoms with Crippen molar-refractivity contribution in [2.24, 2.45) is 11.7 Å². The van der Waals surface area contributed by atoms with Crippen LogP contribution in [0.3, 0.4) is 0 Å². The smallest absolute Gasteiger partial charge is 0.0843 e. The van der Waals surface area contributed by atoms with Crippen LogP contribution in [0.1, 0.15) is 30.2 Å². The quantitative estimate of drug-likeness (QED) is 0.834. The minimum absolute atomic E-state index is 0.350.